The van der Waals surface area contributed by atoms with Gasteiger partial charge in [-0.15, -0.1) is 0 Å². The molecule has 2 amide bonds. The minimum absolute atomic E-state index is 0.272. The lowest BCUT2D eigenvalue weighted by molar-refractivity contribution is -0.166. The van der Waals surface area contributed by atoms with Crippen LogP contribution in [-0.2, 0) is 16.1 Å². The second kappa shape index (κ2) is 6.45. The number of aromatic nitrogens is 1. The van der Waals surface area contributed by atoms with Gasteiger partial charge in [-0.2, -0.15) is 0 Å². The molecule has 1 aromatic heterocycles. The van der Waals surface area contributed by atoms with Crippen LogP contribution in [0, 0.1) is 6.92 Å². The average Bonchev–Trinajstić information content (AvgIpc) is 2.93. The number of hydrogen-bond acceptors (Lipinski definition) is 5. The normalized spacial score (nSPS) is 15.5. The van der Waals surface area contributed by atoms with E-state index in [1.807, 2.05) is 37.3 Å². The van der Waals surface area contributed by atoms with E-state index in [4.69, 9.17) is 4.42 Å². The van der Waals surface area contributed by atoms with Crippen molar-refractivity contribution in [3.63, 3.8) is 0 Å². The number of nitrogens with zero attached hydrogens (tertiary/aromatic N) is 4. The zero-order valence-corrected chi connectivity index (χ0v) is 14.0. The third kappa shape index (κ3) is 3.03. The quantitative estimate of drug-likeness (QED) is 0.791. The third-order valence-electron chi connectivity index (χ3n) is 4.02. The summed E-state index contributed by atoms with van der Waals surface area (Å²) in [6.07, 6.45) is 0. The molecule has 0 atom stereocenters. The van der Waals surface area contributed by atoms with E-state index in [9.17, 15) is 9.59 Å². The number of aryl methyl sites for hydroxylation is 1. The predicted octanol–water partition coefficient (Wildman–Crippen LogP) is 1.30. The van der Waals surface area contributed by atoms with Crippen molar-refractivity contribution in [3.05, 3.63) is 41.8 Å². The molecule has 0 spiro atoms. The molecule has 2 aromatic rings. The molecule has 0 aliphatic carbocycles. The summed E-state index contributed by atoms with van der Waals surface area (Å²) in [6, 6.07) is 9.59. The molecule has 1 saturated heterocycles. The van der Waals surface area contributed by atoms with Gasteiger partial charge in [-0.3, -0.25) is 14.6 Å². The largest absolute Gasteiger partial charge is 0.441 e. The topological polar surface area (TPSA) is 69.9 Å². The Balaban J connectivity index is 1.76. The highest BCUT2D eigenvalue weighted by atomic mass is 16.4. The number of benzene rings is 1. The molecule has 3 rings (SSSR count). The van der Waals surface area contributed by atoms with Gasteiger partial charge in [-0.25, -0.2) is 9.99 Å². The number of piperazine rings is 1. The molecule has 7 nitrogen and oxygen atoms in total. The molecular formula is C17H20N4O3. The van der Waals surface area contributed by atoms with Crippen LogP contribution in [0.1, 0.15) is 11.5 Å². The number of hydrogen-bond donors (Lipinski definition) is 0. The van der Waals surface area contributed by atoms with Crippen molar-refractivity contribution in [1.82, 2.24) is 19.9 Å². The van der Waals surface area contributed by atoms with Gasteiger partial charge in [0, 0.05) is 26.2 Å². The minimum atomic E-state index is -0.518. The summed E-state index contributed by atoms with van der Waals surface area (Å²) in [5, 5.41) is 3.07. The Kier molecular flexibility index (Phi) is 4.35. The smallest absolute Gasteiger partial charge is 0.326 e. The van der Waals surface area contributed by atoms with Gasteiger partial charge in [0.1, 0.15) is 11.5 Å². The van der Waals surface area contributed by atoms with Crippen molar-refractivity contribution in [2.75, 3.05) is 27.2 Å². The van der Waals surface area contributed by atoms with E-state index < -0.39 is 11.8 Å². The van der Waals surface area contributed by atoms with Crippen molar-refractivity contribution < 1.29 is 14.0 Å². The number of rotatable bonds is 4. The number of hydrazine groups is 1. The average molecular weight is 328 g/mol. The van der Waals surface area contributed by atoms with E-state index in [0.717, 1.165) is 5.56 Å². The first kappa shape index (κ1) is 16.2. The van der Waals surface area contributed by atoms with Crippen LogP contribution in [0.3, 0.4) is 0 Å². The first-order chi connectivity index (χ1) is 11.5. The van der Waals surface area contributed by atoms with E-state index in [2.05, 4.69) is 4.98 Å². The van der Waals surface area contributed by atoms with Gasteiger partial charge in [0.15, 0.2) is 0 Å². The zero-order chi connectivity index (χ0) is 17.3. The molecule has 1 aliphatic heterocycles. The Hall–Kier alpha value is -2.67. The minimum Gasteiger partial charge on any atom is -0.441 e. The van der Waals surface area contributed by atoms with Crippen molar-refractivity contribution in [2.45, 2.75) is 13.5 Å². The summed E-state index contributed by atoms with van der Waals surface area (Å²) in [6.45, 7) is 3.03. The van der Waals surface area contributed by atoms with Gasteiger partial charge in [0.05, 0.1) is 13.1 Å². The summed E-state index contributed by atoms with van der Waals surface area (Å²) in [7, 11) is 3.49. The van der Waals surface area contributed by atoms with Gasteiger partial charge in [0.25, 0.3) is 0 Å². The molecule has 0 N–H and O–H groups in total. The van der Waals surface area contributed by atoms with Crippen LogP contribution >= 0.6 is 0 Å². The van der Waals surface area contributed by atoms with Crippen LogP contribution in [0.5, 0.6) is 0 Å². The summed E-state index contributed by atoms with van der Waals surface area (Å²) in [5.74, 6) is 0.146. The molecule has 0 saturated carbocycles. The molecule has 1 aromatic carbocycles. The number of oxazole rings is 1. The highest BCUT2D eigenvalue weighted by Crippen LogP contribution is 2.22. The lowest BCUT2D eigenvalue weighted by Crippen LogP contribution is -2.57. The van der Waals surface area contributed by atoms with Gasteiger partial charge in [-0.1, -0.05) is 18.2 Å². The van der Waals surface area contributed by atoms with Crippen molar-refractivity contribution in [1.29, 1.82) is 0 Å². The van der Waals surface area contributed by atoms with Crippen molar-refractivity contribution in [2.24, 2.45) is 0 Å². The van der Waals surface area contributed by atoms with Crippen LogP contribution < -0.4 is 0 Å². The molecule has 7 heteroatoms. The van der Waals surface area contributed by atoms with Crippen molar-refractivity contribution in [3.8, 4) is 11.5 Å². The maximum atomic E-state index is 12.3. The summed E-state index contributed by atoms with van der Waals surface area (Å²) < 4.78 is 5.71. The Labute approximate surface area is 140 Å². The predicted molar refractivity (Wildman–Crippen MR) is 87.5 cm³/mol. The second-order valence-electron chi connectivity index (χ2n) is 5.89. The Morgan fingerprint density at radius 3 is 2.50 bits per heavy atom. The molecule has 1 fully saturated rings. The lowest BCUT2D eigenvalue weighted by atomic mass is 10.2. The van der Waals surface area contributed by atoms with E-state index in [-0.39, 0.29) is 6.54 Å². The lowest BCUT2D eigenvalue weighted by Gasteiger charge is -2.36. The van der Waals surface area contributed by atoms with Crippen LogP contribution in [0.25, 0.3) is 11.5 Å². The molecule has 0 unspecified atom stereocenters. The first-order valence-electron chi connectivity index (χ1n) is 7.77. The highest BCUT2D eigenvalue weighted by molar-refractivity contribution is 6.35. The Bertz CT molecular complexity index is 754. The molecule has 1 aliphatic rings. The van der Waals surface area contributed by atoms with E-state index in [0.29, 0.717) is 30.4 Å². The summed E-state index contributed by atoms with van der Waals surface area (Å²) in [5.41, 5.74) is 1.56. The summed E-state index contributed by atoms with van der Waals surface area (Å²) in [4.78, 5) is 30.4. The fraction of sp³-hybridized carbons (Fsp3) is 0.353. The van der Waals surface area contributed by atoms with Gasteiger partial charge < -0.3 is 9.32 Å². The molecule has 126 valence electrons. The third-order valence-corrected chi connectivity index (χ3v) is 4.02. The summed E-state index contributed by atoms with van der Waals surface area (Å²) >= 11 is 0. The highest BCUT2D eigenvalue weighted by Gasteiger charge is 2.34. The number of carbonyl (C=O) groups is 2. The van der Waals surface area contributed by atoms with E-state index >= 15 is 0 Å². The monoisotopic (exact) mass is 328 g/mol. The Morgan fingerprint density at radius 1 is 1.12 bits per heavy atom. The van der Waals surface area contributed by atoms with Crippen LogP contribution in [0.15, 0.2) is 34.7 Å². The fourth-order valence-electron chi connectivity index (χ4n) is 2.66. The van der Waals surface area contributed by atoms with E-state index in [1.54, 1.807) is 19.1 Å². The maximum Gasteiger partial charge on any atom is 0.326 e. The second-order valence-corrected chi connectivity index (χ2v) is 5.89. The zero-order valence-electron chi connectivity index (χ0n) is 14.0. The molecule has 2 heterocycles. The number of amides is 2. The molecule has 0 bridgehead atoms. The first-order valence-corrected chi connectivity index (χ1v) is 7.77. The number of carbonyl (C=O) groups excluding carboxylic acids is 2. The van der Waals surface area contributed by atoms with E-state index in [1.165, 1.54) is 9.91 Å². The van der Waals surface area contributed by atoms with Gasteiger partial charge >= 0.3 is 11.8 Å². The Morgan fingerprint density at radius 2 is 1.83 bits per heavy atom. The molecule has 0 radical (unpaired) electrons. The van der Waals surface area contributed by atoms with Crippen LogP contribution in [0.4, 0.5) is 0 Å². The standard InChI is InChI=1S/C17H20N4O3/c1-12-14(18-15(24-12)13-7-5-4-6-8-13)11-20-9-10-21(19(2)3)17(23)16(20)22/h4-8H,9-11H2,1-3H3. The van der Waals surface area contributed by atoms with Crippen molar-refractivity contribution >= 4 is 11.8 Å². The molecular weight excluding hydrogens is 308 g/mol. The van der Waals surface area contributed by atoms with Crippen LogP contribution in [-0.4, -0.2) is 58.9 Å². The van der Waals surface area contributed by atoms with Crippen LogP contribution in [0.2, 0.25) is 0 Å². The van der Waals surface area contributed by atoms with Gasteiger partial charge in [0.2, 0.25) is 5.89 Å². The molecule has 24 heavy (non-hydrogen) atoms. The SMILES string of the molecule is Cc1oc(-c2ccccc2)nc1CN1CCN(N(C)C)C(=O)C1=O. The van der Waals surface area contributed by atoms with Gasteiger partial charge in [-0.05, 0) is 19.1 Å². The maximum absolute atomic E-state index is 12.3. The fourth-order valence-corrected chi connectivity index (χ4v) is 2.66.